The predicted octanol–water partition coefficient (Wildman–Crippen LogP) is 3.64. The van der Waals surface area contributed by atoms with Crippen molar-refractivity contribution < 1.29 is 18.7 Å². The van der Waals surface area contributed by atoms with Crippen molar-refractivity contribution in [1.82, 2.24) is 9.88 Å². The molecule has 3 rings (SSSR count). The molecule has 6 nitrogen and oxygen atoms in total. The van der Waals surface area contributed by atoms with Crippen molar-refractivity contribution in [2.24, 2.45) is 0 Å². The molecule has 2 aromatic rings. The Morgan fingerprint density at radius 3 is 2.69 bits per heavy atom. The second-order valence-corrected chi connectivity index (χ2v) is 7.67. The van der Waals surface area contributed by atoms with E-state index in [2.05, 4.69) is 4.98 Å². The van der Waals surface area contributed by atoms with Crippen LogP contribution in [0.15, 0.2) is 33.9 Å². The summed E-state index contributed by atoms with van der Waals surface area (Å²) in [4.78, 5) is 30.9. The number of hydrogen-bond acceptors (Lipinski definition) is 6. The highest BCUT2D eigenvalue weighted by atomic mass is 32.2. The van der Waals surface area contributed by atoms with Crippen LogP contribution in [0.1, 0.15) is 40.0 Å². The zero-order chi connectivity index (χ0) is 18.7. The van der Waals surface area contributed by atoms with E-state index in [1.807, 2.05) is 43.0 Å². The largest absolute Gasteiger partial charge is 0.452 e. The summed E-state index contributed by atoms with van der Waals surface area (Å²) >= 11 is 1.17. The summed E-state index contributed by atoms with van der Waals surface area (Å²) < 4.78 is 10.9. The van der Waals surface area contributed by atoms with E-state index >= 15 is 0 Å². The molecule has 2 heterocycles. The number of carbonyl (C=O) groups is 2. The van der Waals surface area contributed by atoms with Crippen molar-refractivity contribution in [1.29, 1.82) is 0 Å². The first-order valence-electron chi connectivity index (χ1n) is 8.95. The molecule has 0 radical (unpaired) electrons. The van der Waals surface area contributed by atoms with E-state index in [0.29, 0.717) is 10.8 Å². The summed E-state index contributed by atoms with van der Waals surface area (Å²) in [5, 5.41) is 0.417. The van der Waals surface area contributed by atoms with Gasteiger partial charge in [0.05, 0.1) is 0 Å². The van der Waals surface area contributed by atoms with Gasteiger partial charge < -0.3 is 14.1 Å². The first-order valence-corrected chi connectivity index (χ1v) is 9.94. The molecule has 26 heavy (non-hydrogen) atoms. The monoisotopic (exact) mass is 376 g/mol. The Morgan fingerprint density at radius 1 is 1.31 bits per heavy atom. The second-order valence-electron chi connectivity index (χ2n) is 6.74. The van der Waals surface area contributed by atoms with E-state index in [0.717, 1.165) is 24.8 Å². The highest BCUT2D eigenvalue weighted by Gasteiger charge is 2.33. The Morgan fingerprint density at radius 2 is 2.00 bits per heavy atom. The molecule has 1 aromatic heterocycles. The molecule has 3 atom stereocenters. The number of hydrogen-bond donors (Lipinski definition) is 0. The fraction of sp³-hybridized carbons (Fsp3) is 0.526. The third-order valence-corrected chi connectivity index (χ3v) is 5.49. The first kappa shape index (κ1) is 18.8. The van der Waals surface area contributed by atoms with Gasteiger partial charge >= 0.3 is 5.97 Å². The van der Waals surface area contributed by atoms with Gasteiger partial charge in [-0.25, -0.2) is 4.98 Å². The quantitative estimate of drug-likeness (QED) is 0.586. The molecule has 0 spiro atoms. The van der Waals surface area contributed by atoms with Crippen LogP contribution >= 0.6 is 11.8 Å². The lowest BCUT2D eigenvalue weighted by Crippen LogP contribution is -2.51. The van der Waals surface area contributed by atoms with Crippen molar-refractivity contribution in [2.75, 3.05) is 5.75 Å². The molecule has 0 bridgehead atoms. The molecule has 0 unspecified atom stereocenters. The minimum atomic E-state index is -0.783. The van der Waals surface area contributed by atoms with Crippen LogP contribution < -0.4 is 0 Å². The summed E-state index contributed by atoms with van der Waals surface area (Å²) in [5.74, 6) is -0.518. The van der Waals surface area contributed by atoms with Crippen LogP contribution in [-0.2, 0) is 14.3 Å². The molecule has 1 saturated heterocycles. The number of amides is 1. The van der Waals surface area contributed by atoms with Gasteiger partial charge in [-0.05, 0) is 52.2 Å². The van der Waals surface area contributed by atoms with Crippen molar-refractivity contribution in [3.05, 3.63) is 24.3 Å². The molecule has 140 valence electrons. The standard InChI is InChI=1S/C19H24N2O4S/c1-12-7-6-8-13(2)21(12)18(23)14(3)24-17(22)11-26-19-20-15-9-4-5-10-16(15)25-19/h4-5,9-10,12-14H,6-8,11H2,1-3H3/t12-,13-,14-/m1/s1. The van der Waals surface area contributed by atoms with Gasteiger partial charge in [-0.3, -0.25) is 9.59 Å². The molecule has 1 aromatic carbocycles. The van der Waals surface area contributed by atoms with Crippen LogP contribution in [0.4, 0.5) is 0 Å². The molecule has 0 N–H and O–H groups in total. The van der Waals surface area contributed by atoms with Crippen LogP contribution in [0.25, 0.3) is 11.1 Å². The maximum atomic E-state index is 12.7. The number of fused-ring (bicyclic) bond motifs is 1. The van der Waals surface area contributed by atoms with Crippen molar-refractivity contribution in [3.8, 4) is 0 Å². The Kier molecular flexibility index (Phi) is 5.86. The number of rotatable bonds is 5. The van der Waals surface area contributed by atoms with Crippen LogP contribution in [0.2, 0.25) is 0 Å². The van der Waals surface area contributed by atoms with Crippen LogP contribution in [0.5, 0.6) is 0 Å². The maximum absolute atomic E-state index is 12.7. The fourth-order valence-electron chi connectivity index (χ4n) is 3.38. The summed E-state index contributed by atoms with van der Waals surface area (Å²) in [5.41, 5.74) is 1.43. The number of carbonyl (C=O) groups excluding carboxylic acids is 2. The van der Waals surface area contributed by atoms with Gasteiger partial charge in [0.1, 0.15) is 11.3 Å². The molecular weight excluding hydrogens is 352 g/mol. The van der Waals surface area contributed by atoms with Crippen molar-refractivity contribution in [2.45, 2.75) is 63.4 Å². The lowest BCUT2D eigenvalue weighted by atomic mass is 9.97. The molecule has 1 aliphatic heterocycles. The number of thioether (sulfide) groups is 1. The van der Waals surface area contributed by atoms with Gasteiger partial charge in [0.15, 0.2) is 11.7 Å². The first-order chi connectivity index (χ1) is 12.5. The van der Waals surface area contributed by atoms with Crippen LogP contribution in [0.3, 0.4) is 0 Å². The topological polar surface area (TPSA) is 72.6 Å². The highest BCUT2D eigenvalue weighted by Crippen LogP contribution is 2.25. The summed E-state index contributed by atoms with van der Waals surface area (Å²) in [6.45, 7) is 5.73. The number of oxazole rings is 1. The van der Waals surface area contributed by atoms with Crippen LogP contribution in [-0.4, -0.2) is 45.7 Å². The number of piperidine rings is 1. The Hall–Kier alpha value is -2.02. The highest BCUT2D eigenvalue weighted by molar-refractivity contribution is 7.99. The lowest BCUT2D eigenvalue weighted by Gasteiger charge is -2.40. The summed E-state index contributed by atoms with van der Waals surface area (Å²) in [6, 6.07) is 7.79. The van der Waals surface area contributed by atoms with E-state index in [9.17, 15) is 9.59 Å². The second kappa shape index (κ2) is 8.12. The fourth-order valence-corrected chi connectivity index (χ4v) is 4.00. The molecule has 7 heteroatoms. The minimum absolute atomic E-state index is 0.0511. The van der Waals surface area contributed by atoms with Gasteiger partial charge in [-0.2, -0.15) is 0 Å². The van der Waals surface area contributed by atoms with Gasteiger partial charge in [0.25, 0.3) is 11.1 Å². The Balaban J connectivity index is 1.52. The van der Waals surface area contributed by atoms with Gasteiger partial charge in [-0.1, -0.05) is 23.9 Å². The number of aromatic nitrogens is 1. The molecular formula is C19H24N2O4S. The minimum Gasteiger partial charge on any atom is -0.452 e. The smallest absolute Gasteiger partial charge is 0.317 e. The normalized spacial score (nSPS) is 21.6. The molecule has 1 amide bonds. The van der Waals surface area contributed by atoms with Crippen molar-refractivity contribution in [3.63, 3.8) is 0 Å². The van der Waals surface area contributed by atoms with E-state index in [4.69, 9.17) is 9.15 Å². The van der Waals surface area contributed by atoms with E-state index in [1.165, 1.54) is 11.8 Å². The third-order valence-electron chi connectivity index (χ3n) is 4.69. The number of para-hydroxylation sites is 2. The molecule has 0 saturated carbocycles. The number of esters is 1. The van der Waals surface area contributed by atoms with Crippen LogP contribution in [0, 0.1) is 0 Å². The number of likely N-dealkylation sites (tertiary alicyclic amines) is 1. The zero-order valence-corrected chi connectivity index (χ0v) is 16.1. The molecule has 1 aliphatic rings. The van der Waals surface area contributed by atoms with Gasteiger partial charge in [0, 0.05) is 12.1 Å². The third kappa shape index (κ3) is 4.20. The molecule has 0 aliphatic carbocycles. The summed E-state index contributed by atoms with van der Waals surface area (Å²) in [7, 11) is 0. The SMILES string of the molecule is C[C@@H]1CCC[C@@H](C)N1C(=O)[C@@H](C)OC(=O)CSc1nc2ccccc2o1. The Labute approximate surface area is 157 Å². The Bertz CT molecular complexity index is 748. The molecule has 1 fully saturated rings. The number of nitrogens with zero attached hydrogens (tertiary/aromatic N) is 2. The van der Waals surface area contributed by atoms with Gasteiger partial charge in [-0.15, -0.1) is 0 Å². The summed E-state index contributed by atoms with van der Waals surface area (Å²) in [6.07, 6.45) is 2.32. The maximum Gasteiger partial charge on any atom is 0.317 e. The zero-order valence-electron chi connectivity index (χ0n) is 15.3. The van der Waals surface area contributed by atoms with E-state index in [-0.39, 0.29) is 23.7 Å². The van der Waals surface area contributed by atoms with Crippen molar-refractivity contribution >= 4 is 34.7 Å². The van der Waals surface area contributed by atoms with E-state index in [1.54, 1.807) is 6.92 Å². The van der Waals surface area contributed by atoms with E-state index < -0.39 is 12.1 Å². The number of benzene rings is 1. The number of ether oxygens (including phenoxy) is 1. The average Bonchev–Trinajstić information content (AvgIpc) is 3.02. The predicted molar refractivity (Wildman–Crippen MR) is 99.9 cm³/mol. The average molecular weight is 376 g/mol. The lowest BCUT2D eigenvalue weighted by molar-refractivity contribution is -0.160. The van der Waals surface area contributed by atoms with Gasteiger partial charge in [0.2, 0.25) is 0 Å².